The van der Waals surface area contributed by atoms with Gasteiger partial charge in [-0.05, 0) is 50.4 Å². The van der Waals surface area contributed by atoms with E-state index in [-0.39, 0.29) is 16.8 Å². The number of allylic oxidation sites excluding steroid dienone is 1. The number of esters is 1. The number of hydrogen-bond donors (Lipinski definition) is 0. The second-order valence-electron chi connectivity index (χ2n) is 7.38. The van der Waals surface area contributed by atoms with Crippen LogP contribution in [0, 0.1) is 10.8 Å². The third-order valence-electron chi connectivity index (χ3n) is 6.33. The number of rotatable bonds is 2. The second kappa shape index (κ2) is 4.45. The van der Waals surface area contributed by atoms with Gasteiger partial charge in [-0.1, -0.05) is 26.0 Å². The van der Waals surface area contributed by atoms with Gasteiger partial charge in [0, 0.05) is 24.2 Å². The SMILES string of the molecule is C=C1CCCC2(C)CC3(OCC)OC(=O)C(C)=C3CC12C. The van der Waals surface area contributed by atoms with E-state index in [2.05, 4.69) is 20.4 Å². The smallest absolute Gasteiger partial charge is 0.336 e. The van der Waals surface area contributed by atoms with Crippen LogP contribution in [-0.2, 0) is 14.3 Å². The Labute approximate surface area is 127 Å². The number of carbonyl (C=O) groups excluding carboxylic acids is 1. The highest BCUT2D eigenvalue weighted by Crippen LogP contribution is 2.66. The van der Waals surface area contributed by atoms with E-state index >= 15 is 0 Å². The molecule has 1 aliphatic heterocycles. The molecule has 0 aromatic carbocycles. The first-order valence-corrected chi connectivity index (χ1v) is 8.04. The lowest BCUT2D eigenvalue weighted by Crippen LogP contribution is -2.55. The van der Waals surface area contributed by atoms with Crippen molar-refractivity contribution in [1.29, 1.82) is 0 Å². The van der Waals surface area contributed by atoms with Gasteiger partial charge >= 0.3 is 5.97 Å². The molecule has 0 saturated heterocycles. The van der Waals surface area contributed by atoms with Gasteiger partial charge in [0.1, 0.15) is 0 Å². The van der Waals surface area contributed by atoms with Gasteiger partial charge in [-0.25, -0.2) is 4.79 Å². The molecule has 3 unspecified atom stereocenters. The molecule has 2 fully saturated rings. The van der Waals surface area contributed by atoms with E-state index in [1.165, 1.54) is 12.0 Å². The summed E-state index contributed by atoms with van der Waals surface area (Å²) in [4.78, 5) is 12.1. The molecule has 2 saturated carbocycles. The summed E-state index contributed by atoms with van der Waals surface area (Å²) in [7, 11) is 0. The maximum absolute atomic E-state index is 12.1. The lowest BCUT2D eigenvalue weighted by atomic mass is 9.48. The zero-order chi connectivity index (χ0) is 15.5. The molecule has 3 nitrogen and oxygen atoms in total. The van der Waals surface area contributed by atoms with Gasteiger partial charge in [0.25, 0.3) is 0 Å². The van der Waals surface area contributed by atoms with Crippen LogP contribution >= 0.6 is 0 Å². The third-order valence-corrected chi connectivity index (χ3v) is 6.33. The average molecular weight is 290 g/mol. The monoisotopic (exact) mass is 290 g/mol. The standard InChI is InChI=1S/C18H26O3/c1-6-20-18-11-16(4)9-7-8-12(2)17(16,5)10-14(18)13(3)15(19)21-18/h2,6-11H2,1,3-5H3. The molecule has 1 heterocycles. The van der Waals surface area contributed by atoms with Crippen LogP contribution in [0.5, 0.6) is 0 Å². The molecule has 2 aliphatic carbocycles. The molecule has 0 N–H and O–H groups in total. The predicted molar refractivity (Wildman–Crippen MR) is 81.6 cm³/mol. The van der Waals surface area contributed by atoms with Crippen LogP contribution in [0.1, 0.15) is 59.8 Å². The van der Waals surface area contributed by atoms with E-state index in [1.54, 1.807) is 0 Å². The number of ether oxygens (including phenoxy) is 2. The molecule has 3 heteroatoms. The van der Waals surface area contributed by atoms with Crippen molar-refractivity contribution in [3.8, 4) is 0 Å². The van der Waals surface area contributed by atoms with Gasteiger partial charge in [-0.15, -0.1) is 0 Å². The largest absolute Gasteiger partial charge is 0.426 e. The van der Waals surface area contributed by atoms with Crippen molar-refractivity contribution >= 4 is 5.97 Å². The van der Waals surface area contributed by atoms with Crippen molar-refractivity contribution < 1.29 is 14.3 Å². The summed E-state index contributed by atoms with van der Waals surface area (Å²) < 4.78 is 11.7. The summed E-state index contributed by atoms with van der Waals surface area (Å²) in [5, 5.41) is 0. The Balaban J connectivity index is 2.11. The van der Waals surface area contributed by atoms with E-state index in [1.807, 2.05) is 13.8 Å². The van der Waals surface area contributed by atoms with E-state index in [4.69, 9.17) is 9.47 Å². The fourth-order valence-electron chi connectivity index (χ4n) is 4.67. The summed E-state index contributed by atoms with van der Waals surface area (Å²) >= 11 is 0. The van der Waals surface area contributed by atoms with Gasteiger partial charge in [0.2, 0.25) is 5.79 Å². The van der Waals surface area contributed by atoms with Crippen molar-refractivity contribution in [3.63, 3.8) is 0 Å². The lowest BCUT2D eigenvalue weighted by molar-refractivity contribution is -0.232. The van der Waals surface area contributed by atoms with E-state index in [0.29, 0.717) is 6.61 Å². The highest BCUT2D eigenvalue weighted by molar-refractivity contribution is 5.92. The van der Waals surface area contributed by atoms with Crippen molar-refractivity contribution in [2.75, 3.05) is 6.61 Å². The average Bonchev–Trinajstić information content (AvgIpc) is 2.62. The minimum absolute atomic E-state index is 0.0381. The van der Waals surface area contributed by atoms with Crippen molar-refractivity contribution in [2.45, 2.75) is 65.6 Å². The summed E-state index contributed by atoms with van der Waals surface area (Å²) in [5.74, 6) is -1.03. The first kappa shape index (κ1) is 14.8. The third kappa shape index (κ3) is 1.79. The Hall–Kier alpha value is -1.09. The zero-order valence-electron chi connectivity index (χ0n) is 13.7. The molecular formula is C18H26O3. The number of fused-ring (bicyclic) bond motifs is 2. The maximum Gasteiger partial charge on any atom is 0.336 e. The fraction of sp³-hybridized carbons (Fsp3) is 0.722. The maximum atomic E-state index is 12.1. The van der Waals surface area contributed by atoms with Crippen LogP contribution in [0.15, 0.2) is 23.3 Å². The Bertz CT molecular complexity index is 547. The molecule has 3 rings (SSSR count). The molecule has 0 bridgehead atoms. The Kier molecular flexibility index (Phi) is 3.14. The lowest BCUT2D eigenvalue weighted by Gasteiger charge is -2.58. The van der Waals surface area contributed by atoms with Crippen LogP contribution in [0.2, 0.25) is 0 Å². The highest BCUT2D eigenvalue weighted by atomic mass is 16.7. The summed E-state index contributed by atoms with van der Waals surface area (Å²) in [6.07, 6.45) is 4.98. The normalized spacial score (nSPS) is 42.7. The van der Waals surface area contributed by atoms with Crippen molar-refractivity contribution in [2.24, 2.45) is 10.8 Å². The summed E-state index contributed by atoms with van der Waals surface area (Å²) in [6, 6.07) is 0. The summed E-state index contributed by atoms with van der Waals surface area (Å²) in [5.41, 5.74) is 3.23. The molecule has 0 aromatic rings. The Morgan fingerprint density at radius 1 is 1.38 bits per heavy atom. The van der Waals surface area contributed by atoms with Gasteiger partial charge in [0.05, 0.1) is 0 Å². The van der Waals surface area contributed by atoms with Crippen LogP contribution in [0.3, 0.4) is 0 Å². The number of carbonyl (C=O) groups is 1. The minimum atomic E-state index is -0.818. The second-order valence-corrected chi connectivity index (χ2v) is 7.38. The van der Waals surface area contributed by atoms with Crippen molar-refractivity contribution in [1.82, 2.24) is 0 Å². The van der Waals surface area contributed by atoms with Crippen LogP contribution in [-0.4, -0.2) is 18.4 Å². The topological polar surface area (TPSA) is 35.5 Å². The number of hydrogen-bond acceptors (Lipinski definition) is 3. The minimum Gasteiger partial charge on any atom is -0.426 e. The molecular weight excluding hydrogens is 264 g/mol. The fourth-order valence-corrected chi connectivity index (χ4v) is 4.67. The van der Waals surface area contributed by atoms with Gasteiger partial charge in [-0.2, -0.15) is 0 Å². The van der Waals surface area contributed by atoms with Crippen LogP contribution in [0.25, 0.3) is 0 Å². The quantitative estimate of drug-likeness (QED) is 0.566. The molecule has 0 amide bonds. The predicted octanol–water partition coefficient (Wildman–Crippen LogP) is 4.14. The Morgan fingerprint density at radius 2 is 2.10 bits per heavy atom. The molecule has 116 valence electrons. The molecule has 3 atom stereocenters. The molecule has 3 aliphatic rings. The van der Waals surface area contributed by atoms with E-state index in [9.17, 15) is 4.79 Å². The molecule has 0 spiro atoms. The highest BCUT2D eigenvalue weighted by Gasteiger charge is 2.62. The zero-order valence-corrected chi connectivity index (χ0v) is 13.7. The van der Waals surface area contributed by atoms with Gasteiger partial charge < -0.3 is 9.47 Å². The van der Waals surface area contributed by atoms with E-state index in [0.717, 1.165) is 36.8 Å². The molecule has 0 radical (unpaired) electrons. The first-order chi connectivity index (χ1) is 9.78. The van der Waals surface area contributed by atoms with Crippen molar-refractivity contribution in [3.05, 3.63) is 23.3 Å². The molecule has 0 aromatic heterocycles. The van der Waals surface area contributed by atoms with Gasteiger partial charge in [0.15, 0.2) is 0 Å². The summed E-state index contributed by atoms with van der Waals surface area (Å²) in [6.45, 7) is 13.4. The van der Waals surface area contributed by atoms with Crippen LogP contribution in [0.4, 0.5) is 0 Å². The van der Waals surface area contributed by atoms with E-state index < -0.39 is 5.79 Å². The van der Waals surface area contributed by atoms with Crippen LogP contribution < -0.4 is 0 Å². The first-order valence-electron chi connectivity index (χ1n) is 8.04. The van der Waals surface area contributed by atoms with Gasteiger partial charge in [-0.3, -0.25) is 0 Å². The molecule has 21 heavy (non-hydrogen) atoms. The Morgan fingerprint density at radius 3 is 2.76 bits per heavy atom.